The predicted molar refractivity (Wildman–Crippen MR) is 94.6 cm³/mol. The quantitative estimate of drug-likeness (QED) is 0.395. The summed E-state index contributed by atoms with van der Waals surface area (Å²) in [6.07, 6.45) is 2.14. The van der Waals surface area contributed by atoms with Gasteiger partial charge in [0.2, 0.25) is 11.8 Å². The second-order valence-electron chi connectivity index (χ2n) is 6.88. The van der Waals surface area contributed by atoms with Crippen LogP contribution in [0, 0.1) is 11.8 Å². The Bertz CT molecular complexity index is 468. The Morgan fingerprint density at radius 1 is 1.24 bits per heavy atom. The van der Waals surface area contributed by atoms with E-state index in [0.717, 1.165) is 19.3 Å². The second kappa shape index (κ2) is 10.5. The Morgan fingerprint density at radius 3 is 2.56 bits per heavy atom. The summed E-state index contributed by atoms with van der Waals surface area (Å²) >= 11 is 0. The lowest BCUT2D eigenvalue weighted by atomic mass is 9.94. The molecule has 1 heterocycles. The normalized spacial score (nSPS) is 24.7. The van der Waals surface area contributed by atoms with Crippen LogP contribution in [-0.2, 0) is 9.59 Å². The molecule has 7 heteroatoms. The lowest BCUT2D eigenvalue weighted by molar-refractivity contribution is -0.137. The van der Waals surface area contributed by atoms with Gasteiger partial charge in [-0.2, -0.15) is 0 Å². The monoisotopic (exact) mass is 356 g/mol. The summed E-state index contributed by atoms with van der Waals surface area (Å²) in [6, 6.07) is -0.628. The van der Waals surface area contributed by atoms with Crippen molar-refractivity contribution in [1.29, 1.82) is 0 Å². The minimum atomic E-state index is -1.48. The minimum absolute atomic E-state index is 0.232. The van der Waals surface area contributed by atoms with Gasteiger partial charge in [0.1, 0.15) is 18.2 Å². The van der Waals surface area contributed by atoms with Gasteiger partial charge in [-0.05, 0) is 25.2 Å². The topological polar surface area (TPSA) is 119 Å². The maximum atomic E-state index is 12.3. The van der Waals surface area contributed by atoms with Crippen molar-refractivity contribution >= 4 is 11.8 Å². The molecular weight excluding hydrogens is 324 g/mol. The smallest absolute Gasteiger partial charge is 0.242 e. The molecule has 0 bridgehead atoms. The third-order valence-electron chi connectivity index (χ3n) is 4.76. The first-order chi connectivity index (χ1) is 11.8. The van der Waals surface area contributed by atoms with E-state index in [4.69, 9.17) is 0 Å². The SMILES string of the molecule is CCC(C)/C=C/[C@@H](O)[C@H](O)[C@@H](O)[C@@H](C)C(=O)N[C@H]1CCCCNC1=O. The Hall–Kier alpha value is -1.44. The van der Waals surface area contributed by atoms with Crippen molar-refractivity contribution < 1.29 is 24.9 Å². The van der Waals surface area contributed by atoms with Crippen molar-refractivity contribution in [2.45, 2.75) is 70.8 Å². The highest BCUT2D eigenvalue weighted by atomic mass is 16.4. The molecule has 7 nitrogen and oxygen atoms in total. The van der Waals surface area contributed by atoms with E-state index < -0.39 is 36.2 Å². The summed E-state index contributed by atoms with van der Waals surface area (Å²) in [5, 5.41) is 35.6. The van der Waals surface area contributed by atoms with Gasteiger partial charge in [-0.15, -0.1) is 0 Å². The van der Waals surface area contributed by atoms with Crippen LogP contribution in [0.4, 0.5) is 0 Å². The lowest BCUT2D eigenvalue weighted by Gasteiger charge is -2.27. The van der Waals surface area contributed by atoms with Gasteiger partial charge < -0.3 is 26.0 Å². The molecule has 5 N–H and O–H groups in total. The van der Waals surface area contributed by atoms with Gasteiger partial charge in [0.15, 0.2) is 0 Å². The molecule has 0 aromatic carbocycles. The van der Waals surface area contributed by atoms with E-state index in [2.05, 4.69) is 10.6 Å². The van der Waals surface area contributed by atoms with Crippen LogP contribution in [0.1, 0.15) is 46.5 Å². The van der Waals surface area contributed by atoms with Crippen LogP contribution in [-0.4, -0.2) is 58.0 Å². The number of hydrogen-bond donors (Lipinski definition) is 5. The molecular formula is C18H32N2O5. The Labute approximate surface area is 149 Å². The number of nitrogens with one attached hydrogen (secondary N) is 2. The summed E-state index contributed by atoms with van der Waals surface area (Å²) in [4.78, 5) is 24.2. The molecule has 2 amide bonds. The highest BCUT2D eigenvalue weighted by molar-refractivity contribution is 5.88. The van der Waals surface area contributed by atoms with E-state index in [0.29, 0.717) is 13.0 Å². The molecule has 1 aliphatic heterocycles. The molecule has 1 unspecified atom stereocenters. The van der Waals surface area contributed by atoms with Gasteiger partial charge >= 0.3 is 0 Å². The van der Waals surface area contributed by atoms with Crippen molar-refractivity contribution in [3.05, 3.63) is 12.2 Å². The Kier molecular flexibility index (Phi) is 9.10. The number of aliphatic hydroxyl groups is 3. The number of carbonyl (C=O) groups excluding carboxylic acids is 2. The van der Waals surface area contributed by atoms with Gasteiger partial charge in [0.05, 0.1) is 12.0 Å². The van der Waals surface area contributed by atoms with Crippen LogP contribution < -0.4 is 10.6 Å². The summed E-state index contributed by atoms with van der Waals surface area (Å²) in [5.74, 6) is -1.47. The molecule has 1 fully saturated rings. The first kappa shape index (κ1) is 21.6. The van der Waals surface area contributed by atoms with Gasteiger partial charge in [-0.1, -0.05) is 39.3 Å². The molecule has 1 saturated heterocycles. The van der Waals surface area contributed by atoms with E-state index in [1.165, 1.54) is 13.0 Å². The average Bonchev–Trinajstić information content (AvgIpc) is 2.81. The highest BCUT2D eigenvalue weighted by Gasteiger charge is 2.33. The number of rotatable bonds is 8. The molecule has 0 radical (unpaired) electrons. The van der Waals surface area contributed by atoms with Gasteiger partial charge in [-0.25, -0.2) is 0 Å². The van der Waals surface area contributed by atoms with E-state index >= 15 is 0 Å². The van der Waals surface area contributed by atoms with E-state index in [1.54, 1.807) is 6.08 Å². The van der Waals surface area contributed by atoms with Crippen molar-refractivity contribution in [3.63, 3.8) is 0 Å². The molecule has 6 atom stereocenters. The van der Waals surface area contributed by atoms with Crippen molar-refractivity contribution in [2.24, 2.45) is 11.8 Å². The summed E-state index contributed by atoms with van der Waals surface area (Å²) < 4.78 is 0. The average molecular weight is 356 g/mol. The minimum Gasteiger partial charge on any atom is -0.389 e. The third-order valence-corrected chi connectivity index (χ3v) is 4.76. The number of allylic oxidation sites excluding steroid dienone is 1. The molecule has 25 heavy (non-hydrogen) atoms. The van der Waals surface area contributed by atoms with E-state index in [1.807, 2.05) is 13.8 Å². The molecule has 0 aromatic rings. The Morgan fingerprint density at radius 2 is 1.92 bits per heavy atom. The van der Waals surface area contributed by atoms with Crippen molar-refractivity contribution in [2.75, 3.05) is 6.54 Å². The van der Waals surface area contributed by atoms with Crippen molar-refractivity contribution in [3.8, 4) is 0 Å². The van der Waals surface area contributed by atoms with Crippen LogP contribution in [0.3, 0.4) is 0 Å². The van der Waals surface area contributed by atoms with Crippen LogP contribution in [0.2, 0.25) is 0 Å². The van der Waals surface area contributed by atoms with Gasteiger partial charge in [-0.3, -0.25) is 9.59 Å². The molecule has 0 saturated carbocycles. The zero-order valence-corrected chi connectivity index (χ0v) is 15.3. The fourth-order valence-electron chi connectivity index (χ4n) is 2.59. The number of carbonyl (C=O) groups is 2. The summed E-state index contributed by atoms with van der Waals surface area (Å²) in [7, 11) is 0. The van der Waals surface area contributed by atoms with Crippen LogP contribution in [0.15, 0.2) is 12.2 Å². The van der Waals surface area contributed by atoms with Crippen LogP contribution in [0.5, 0.6) is 0 Å². The molecule has 0 spiro atoms. The molecule has 144 valence electrons. The van der Waals surface area contributed by atoms with E-state index in [9.17, 15) is 24.9 Å². The largest absolute Gasteiger partial charge is 0.389 e. The molecule has 0 aromatic heterocycles. The van der Waals surface area contributed by atoms with Gasteiger partial charge in [0.25, 0.3) is 0 Å². The fraction of sp³-hybridized carbons (Fsp3) is 0.778. The standard InChI is InChI=1S/C18H32N2O5/c1-4-11(2)8-9-14(21)16(23)15(22)12(3)17(24)20-13-7-5-6-10-19-18(13)25/h8-9,11-16,21-23H,4-7,10H2,1-3H3,(H,19,25)(H,20,24)/b9-8+/t11?,12-,13+,14-,15+,16+/m1/s1. The predicted octanol–water partition coefficient (Wildman–Crippen LogP) is 0.0924. The maximum Gasteiger partial charge on any atom is 0.242 e. The maximum absolute atomic E-state index is 12.3. The molecule has 1 rings (SSSR count). The zero-order chi connectivity index (χ0) is 19.0. The first-order valence-corrected chi connectivity index (χ1v) is 9.08. The van der Waals surface area contributed by atoms with E-state index in [-0.39, 0.29) is 11.8 Å². The molecule has 0 aliphatic carbocycles. The summed E-state index contributed by atoms with van der Waals surface area (Å²) in [5.41, 5.74) is 0. The fourth-order valence-corrected chi connectivity index (χ4v) is 2.59. The Balaban J connectivity index is 2.60. The number of amides is 2. The second-order valence-corrected chi connectivity index (χ2v) is 6.88. The van der Waals surface area contributed by atoms with Crippen LogP contribution >= 0.6 is 0 Å². The number of aliphatic hydroxyl groups excluding tert-OH is 3. The first-order valence-electron chi connectivity index (χ1n) is 9.08. The van der Waals surface area contributed by atoms with Gasteiger partial charge in [0, 0.05) is 6.54 Å². The van der Waals surface area contributed by atoms with Crippen molar-refractivity contribution in [1.82, 2.24) is 10.6 Å². The molecule has 1 aliphatic rings. The zero-order valence-electron chi connectivity index (χ0n) is 15.3. The summed E-state index contributed by atoms with van der Waals surface area (Å²) in [6.45, 7) is 6.03. The lowest BCUT2D eigenvalue weighted by Crippen LogP contribution is -2.51. The number of hydrogen-bond acceptors (Lipinski definition) is 5. The third kappa shape index (κ3) is 6.76. The van der Waals surface area contributed by atoms with Crippen LogP contribution in [0.25, 0.3) is 0 Å². The highest BCUT2D eigenvalue weighted by Crippen LogP contribution is 2.14.